The molecule has 2 rings (SSSR count). The van der Waals surface area contributed by atoms with Crippen molar-refractivity contribution >= 4 is 0 Å². The van der Waals surface area contributed by atoms with E-state index < -0.39 is 5.54 Å². The highest BCUT2D eigenvalue weighted by molar-refractivity contribution is 5.41. The highest BCUT2D eigenvalue weighted by Crippen LogP contribution is 2.35. The van der Waals surface area contributed by atoms with Gasteiger partial charge in [-0.2, -0.15) is 0 Å². The lowest BCUT2D eigenvalue weighted by Crippen LogP contribution is -2.44. The quantitative estimate of drug-likeness (QED) is 0.773. The van der Waals surface area contributed by atoms with Crippen molar-refractivity contribution < 1.29 is 9.84 Å². The normalized spacial score (nSPS) is 24.9. The molecule has 3 N–H and O–H groups in total. The Morgan fingerprint density at radius 2 is 2.33 bits per heavy atom. The molecule has 0 fully saturated rings. The van der Waals surface area contributed by atoms with E-state index >= 15 is 0 Å². The van der Waals surface area contributed by atoms with Crippen molar-refractivity contribution in [2.45, 2.75) is 24.8 Å². The van der Waals surface area contributed by atoms with Gasteiger partial charge in [0.05, 0.1) is 12.1 Å². The summed E-state index contributed by atoms with van der Waals surface area (Å²) in [4.78, 5) is 0. The van der Waals surface area contributed by atoms with Gasteiger partial charge in [0, 0.05) is 7.11 Å². The number of rotatable bonds is 2. The fourth-order valence-corrected chi connectivity index (χ4v) is 2.38. The van der Waals surface area contributed by atoms with Crippen molar-refractivity contribution in [2.24, 2.45) is 5.73 Å². The predicted octanol–water partition coefficient (Wildman–Crippen LogP) is 1.53. The van der Waals surface area contributed by atoms with Gasteiger partial charge in [-0.05, 0) is 42.5 Å². The SMILES string of the molecule is COCC1(N)CCCc2ccc(O)cc21. The third-order valence-corrected chi connectivity index (χ3v) is 3.10. The predicted molar refractivity (Wildman–Crippen MR) is 58.8 cm³/mol. The van der Waals surface area contributed by atoms with Crippen LogP contribution in [0.15, 0.2) is 18.2 Å². The molecule has 0 aromatic heterocycles. The number of aryl methyl sites for hydroxylation is 1. The van der Waals surface area contributed by atoms with Crippen LogP contribution in [0.4, 0.5) is 0 Å². The summed E-state index contributed by atoms with van der Waals surface area (Å²) in [5.74, 6) is 0.279. The lowest BCUT2D eigenvalue weighted by Gasteiger charge is -2.35. The fraction of sp³-hybridized carbons (Fsp3) is 0.500. The highest BCUT2D eigenvalue weighted by atomic mass is 16.5. The van der Waals surface area contributed by atoms with Crippen LogP contribution in [0.1, 0.15) is 24.0 Å². The lowest BCUT2D eigenvalue weighted by atomic mass is 9.77. The van der Waals surface area contributed by atoms with E-state index in [2.05, 4.69) is 0 Å². The molecule has 0 aliphatic heterocycles. The first-order valence-electron chi connectivity index (χ1n) is 5.26. The summed E-state index contributed by atoms with van der Waals surface area (Å²) in [6.45, 7) is 0.503. The number of hydrogen-bond acceptors (Lipinski definition) is 3. The Morgan fingerprint density at radius 3 is 3.07 bits per heavy atom. The third-order valence-electron chi connectivity index (χ3n) is 3.10. The van der Waals surface area contributed by atoms with E-state index in [0.717, 1.165) is 24.8 Å². The Kier molecular flexibility index (Phi) is 2.67. The Labute approximate surface area is 89.9 Å². The summed E-state index contributed by atoms with van der Waals surface area (Å²) >= 11 is 0. The Hall–Kier alpha value is -1.06. The number of nitrogens with two attached hydrogens (primary N) is 1. The molecule has 1 aromatic carbocycles. The second kappa shape index (κ2) is 3.83. The molecule has 0 spiro atoms. The molecule has 0 heterocycles. The van der Waals surface area contributed by atoms with Crippen LogP contribution in [0.5, 0.6) is 5.75 Å². The molecule has 0 bridgehead atoms. The van der Waals surface area contributed by atoms with Crippen molar-refractivity contribution in [3.63, 3.8) is 0 Å². The zero-order chi connectivity index (χ0) is 10.9. The number of phenolic OH excluding ortho intramolecular Hbond substituents is 1. The highest BCUT2D eigenvalue weighted by Gasteiger charge is 2.32. The maximum absolute atomic E-state index is 9.49. The molecule has 0 saturated heterocycles. The van der Waals surface area contributed by atoms with Crippen LogP contribution in [0, 0.1) is 0 Å². The smallest absolute Gasteiger partial charge is 0.115 e. The van der Waals surface area contributed by atoms with E-state index in [1.54, 1.807) is 19.2 Å². The number of fused-ring (bicyclic) bond motifs is 1. The van der Waals surface area contributed by atoms with Crippen LogP contribution in [0.2, 0.25) is 0 Å². The maximum Gasteiger partial charge on any atom is 0.115 e. The molecule has 1 aliphatic rings. The minimum atomic E-state index is -0.429. The zero-order valence-electron chi connectivity index (χ0n) is 8.99. The number of hydrogen-bond donors (Lipinski definition) is 2. The topological polar surface area (TPSA) is 55.5 Å². The van der Waals surface area contributed by atoms with Crippen molar-refractivity contribution in [3.8, 4) is 5.75 Å². The molecule has 0 radical (unpaired) electrons. The third kappa shape index (κ3) is 1.85. The number of aromatic hydroxyl groups is 1. The average Bonchev–Trinajstić information content (AvgIpc) is 2.20. The summed E-state index contributed by atoms with van der Waals surface area (Å²) in [5, 5.41) is 9.49. The molecule has 15 heavy (non-hydrogen) atoms. The molecule has 1 aliphatic carbocycles. The summed E-state index contributed by atoms with van der Waals surface area (Å²) in [6.07, 6.45) is 3.03. The lowest BCUT2D eigenvalue weighted by molar-refractivity contribution is 0.121. The van der Waals surface area contributed by atoms with Gasteiger partial charge in [0.15, 0.2) is 0 Å². The van der Waals surface area contributed by atoms with Crippen LogP contribution < -0.4 is 5.73 Å². The second-order valence-corrected chi connectivity index (χ2v) is 4.28. The van der Waals surface area contributed by atoms with Crippen LogP contribution in [-0.2, 0) is 16.7 Å². The number of benzene rings is 1. The van der Waals surface area contributed by atoms with Crippen LogP contribution in [0.3, 0.4) is 0 Å². The largest absolute Gasteiger partial charge is 0.508 e. The summed E-state index contributed by atoms with van der Waals surface area (Å²) < 4.78 is 5.17. The number of ether oxygens (including phenoxy) is 1. The van der Waals surface area contributed by atoms with Crippen LogP contribution in [-0.4, -0.2) is 18.8 Å². The first-order chi connectivity index (χ1) is 7.15. The Morgan fingerprint density at radius 1 is 1.53 bits per heavy atom. The van der Waals surface area contributed by atoms with Gasteiger partial charge in [0.1, 0.15) is 5.75 Å². The van der Waals surface area contributed by atoms with E-state index in [9.17, 15) is 5.11 Å². The first-order valence-corrected chi connectivity index (χ1v) is 5.26. The minimum Gasteiger partial charge on any atom is -0.508 e. The molecule has 3 nitrogen and oxygen atoms in total. The average molecular weight is 207 g/mol. The van der Waals surface area contributed by atoms with Crippen molar-refractivity contribution in [1.82, 2.24) is 0 Å². The molecule has 1 unspecified atom stereocenters. The second-order valence-electron chi connectivity index (χ2n) is 4.28. The molecule has 82 valence electrons. The minimum absolute atomic E-state index is 0.279. The fourth-order valence-electron chi connectivity index (χ4n) is 2.38. The van der Waals surface area contributed by atoms with Crippen molar-refractivity contribution in [3.05, 3.63) is 29.3 Å². The molecule has 0 saturated carbocycles. The molecular formula is C12H17NO2. The van der Waals surface area contributed by atoms with Gasteiger partial charge in [-0.1, -0.05) is 6.07 Å². The van der Waals surface area contributed by atoms with Crippen molar-refractivity contribution in [2.75, 3.05) is 13.7 Å². The summed E-state index contributed by atoms with van der Waals surface area (Å²) in [6, 6.07) is 5.45. The van der Waals surface area contributed by atoms with E-state index in [1.807, 2.05) is 6.07 Å². The van der Waals surface area contributed by atoms with Crippen molar-refractivity contribution in [1.29, 1.82) is 0 Å². The Balaban J connectivity index is 2.44. The number of phenols is 1. The zero-order valence-corrected chi connectivity index (χ0v) is 8.99. The van der Waals surface area contributed by atoms with Gasteiger partial charge < -0.3 is 15.6 Å². The maximum atomic E-state index is 9.49. The van der Waals surface area contributed by atoms with Gasteiger partial charge in [-0.15, -0.1) is 0 Å². The monoisotopic (exact) mass is 207 g/mol. The van der Waals surface area contributed by atoms with E-state index in [0.29, 0.717) is 6.61 Å². The molecule has 1 aromatic rings. The standard InChI is InChI=1S/C12H17NO2/c1-15-8-12(13)6-2-3-9-4-5-10(14)7-11(9)12/h4-5,7,14H,2-3,6,8,13H2,1H3. The molecular weight excluding hydrogens is 190 g/mol. The van der Waals surface area contributed by atoms with Gasteiger partial charge >= 0.3 is 0 Å². The molecule has 3 heteroatoms. The first kappa shape index (κ1) is 10.5. The van der Waals surface area contributed by atoms with E-state index in [-0.39, 0.29) is 5.75 Å². The number of methoxy groups -OCH3 is 1. The van der Waals surface area contributed by atoms with Gasteiger partial charge in [0.2, 0.25) is 0 Å². The molecule has 1 atom stereocenters. The van der Waals surface area contributed by atoms with Gasteiger partial charge in [-0.25, -0.2) is 0 Å². The van der Waals surface area contributed by atoms with Gasteiger partial charge in [-0.3, -0.25) is 0 Å². The van der Waals surface area contributed by atoms with E-state index in [1.165, 1.54) is 5.56 Å². The molecule has 0 amide bonds. The summed E-state index contributed by atoms with van der Waals surface area (Å²) in [5.41, 5.74) is 8.16. The van der Waals surface area contributed by atoms with Crippen LogP contribution >= 0.6 is 0 Å². The Bertz CT molecular complexity index is 365. The van der Waals surface area contributed by atoms with E-state index in [4.69, 9.17) is 10.5 Å². The van der Waals surface area contributed by atoms with Crippen LogP contribution in [0.25, 0.3) is 0 Å². The van der Waals surface area contributed by atoms with Gasteiger partial charge in [0.25, 0.3) is 0 Å². The summed E-state index contributed by atoms with van der Waals surface area (Å²) in [7, 11) is 1.66.